The number of nitrogens with one attached hydrogen (secondary N) is 1. The number of hydrogen-bond acceptors (Lipinski definition) is 6. The summed E-state index contributed by atoms with van der Waals surface area (Å²) in [4.78, 5) is 12.5. The third-order valence-electron chi connectivity index (χ3n) is 4.30. The monoisotopic (exact) mass is 365 g/mol. The highest BCUT2D eigenvalue weighted by molar-refractivity contribution is 6.04. The van der Waals surface area contributed by atoms with Crippen molar-refractivity contribution in [1.29, 1.82) is 0 Å². The number of rotatable bonds is 6. The predicted molar refractivity (Wildman–Crippen MR) is 98.6 cm³/mol. The highest BCUT2D eigenvalue weighted by Crippen LogP contribution is 2.21. The maximum Gasteiger partial charge on any atom is 0.255 e. The minimum absolute atomic E-state index is 0.166. The van der Waals surface area contributed by atoms with Crippen molar-refractivity contribution in [2.75, 3.05) is 18.5 Å². The lowest BCUT2D eigenvalue weighted by molar-refractivity contribution is 0.0679. The number of aromatic nitrogens is 2. The Morgan fingerprint density at radius 3 is 2.85 bits per heavy atom. The number of carbonyl (C=O) groups excluding carboxylic acids is 1. The summed E-state index contributed by atoms with van der Waals surface area (Å²) in [6, 6.07) is 14.3. The minimum atomic E-state index is -0.205. The van der Waals surface area contributed by atoms with Crippen molar-refractivity contribution in [3.05, 3.63) is 60.5 Å². The normalized spacial score (nSPS) is 16.2. The Labute approximate surface area is 156 Å². The van der Waals surface area contributed by atoms with E-state index in [-0.39, 0.29) is 12.0 Å². The van der Waals surface area contributed by atoms with Gasteiger partial charge in [-0.05, 0) is 55.3 Å². The number of carbonyl (C=O) groups is 1. The van der Waals surface area contributed by atoms with E-state index in [9.17, 15) is 4.79 Å². The molecule has 1 amide bonds. The molecular weight excluding hydrogens is 346 g/mol. The fourth-order valence-corrected chi connectivity index (χ4v) is 2.90. The molecule has 138 valence electrons. The molecule has 1 fully saturated rings. The smallest absolute Gasteiger partial charge is 0.255 e. The van der Waals surface area contributed by atoms with Gasteiger partial charge in [0.15, 0.2) is 0 Å². The zero-order chi connectivity index (χ0) is 18.5. The van der Waals surface area contributed by atoms with Gasteiger partial charge in [0, 0.05) is 23.4 Å². The van der Waals surface area contributed by atoms with Crippen LogP contribution in [0.2, 0.25) is 0 Å². The van der Waals surface area contributed by atoms with Crippen molar-refractivity contribution < 1.29 is 18.7 Å². The summed E-state index contributed by atoms with van der Waals surface area (Å²) in [5.74, 6) is 0.919. The predicted octanol–water partition coefficient (Wildman–Crippen LogP) is 3.55. The number of benzene rings is 2. The van der Waals surface area contributed by atoms with Crippen LogP contribution in [0.25, 0.3) is 11.5 Å². The molecule has 3 aromatic rings. The first-order valence-electron chi connectivity index (χ1n) is 8.80. The molecule has 1 aromatic heterocycles. The lowest BCUT2D eigenvalue weighted by atomic mass is 10.1. The van der Waals surface area contributed by atoms with Gasteiger partial charge in [0.1, 0.15) is 12.4 Å². The zero-order valence-corrected chi connectivity index (χ0v) is 14.6. The van der Waals surface area contributed by atoms with Gasteiger partial charge in [-0.3, -0.25) is 4.79 Å². The highest BCUT2D eigenvalue weighted by atomic mass is 16.5. The van der Waals surface area contributed by atoms with Crippen LogP contribution >= 0.6 is 0 Å². The second-order valence-corrected chi connectivity index (χ2v) is 6.25. The van der Waals surface area contributed by atoms with Crippen molar-refractivity contribution in [2.24, 2.45) is 0 Å². The van der Waals surface area contributed by atoms with Crippen molar-refractivity contribution in [2.45, 2.75) is 18.9 Å². The summed E-state index contributed by atoms with van der Waals surface area (Å²) >= 11 is 0. The van der Waals surface area contributed by atoms with Crippen LogP contribution in [-0.4, -0.2) is 35.4 Å². The van der Waals surface area contributed by atoms with Crippen molar-refractivity contribution in [3.8, 4) is 17.2 Å². The first-order chi connectivity index (χ1) is 13.3. The molecule has 0 bridgehead atoms. The highest BCUT2D eigenvalue weighted by Gasteiger charge is 2.16. The number of amides is 1. The number of anilines is 1. The first-order valence-corrected chi connectivity index (χ1v) is 8.80. The molecule has 1 saturated heterocycles. The summed E-state index contributed by atoms with van der Waals surface area (Å²) in [6.45, 7) is 1.34. The lowest BCUT2D eigenvalue weighted by Crippen LogP contribution is -2.16. The molecule has 1 aliphatic rings. The molecule has 0 spiro atoms. The van der Waals surface area contributed by atoms with E-state index in [1.807, 2.05) is 12.1 Å². The van der Waals surface area contributed by atoms with Crippen LogP contribution in [0.5, 0.6) is 5.75 Å². The molecule has 4 rings (SSSR count). The van der Waals surface area contributed by atoms with Gasteiger partial charge >= 0.3 is 0 Å². The van der Waals surface area contributed by atoms with Crippen molar-refractivity contribution in [1.82, 2.24) is 10.2 Å². The van der Waals surface area contributed by atoms with E-state index in [2.05, 4.69) is 15.5 Å². The maximum atomic E-state index is 12.5. The number of ether oxygens (including phenoxy) is 2. The fraction of sp³-hybridized carbons (Fsp3) is 0.250. The molecular formula is C20H19N3O4. The van der Waals surface area contributed by atoms with E-state index in [1.54, 1.807) is 36.4 Å². The largest absolute Gasteiger partial charge is 0.491 e. The Bertz CT molecular complexity index is 888. The van der Waals surface area contributed by atoms with Gasteiger partial charge in [0.25, 0.3) is 5.91 Å². The van der Waals surface area contributed by atoms with Crippen LogP contribution in [-0.2, 0) is 4.74 Å². The van der Waals surface area contributed by atoms with Crippen LogP contribution in [0.3, 0.4) is 0 Å². The zero-order valence-electron chi connectivity index (χ0n) is 14.6. The van der Waals surface area contributed by atoms with Crippen molar-refractivity contribution in [3.63, 3.8) is 0 Å². The van der Waals surface area contributed by atoms with E-state index in [0.717, 1.165) is 30.8 Å². The average molecular weight is 365 g/mol. The van der Waals surface area contributed by atoms with E-state index in [0.29, 0.717) is 23.7 Å². The maximum absolute atomic E-state index is 12.5. The fourth-order valence-electron chi connectivity index (χ4n) is 2.90. The van der Waals surface area contributed by atoms with Crippen molar-refractivity contribution >= 4 is 11.6 Å². The first kappa shape index (κ1) is 17.2. The standard InChI is InChI=1S/C20H19N3O4/c24-19(22-16-4-1-3-15(11-16)20-23-21-13-27-20)14-6-8-17(9-7-14)26-12-18-5-2-10-25-18/h1,3-4,6-9,11,13,18H,2,5,10,12H2,(H,22,24)/t18-/m0/s1. The topological polar surface area (TPSA) is 86.5 Å². The molecule has 2 aromatic carbocycles. The van der Waals surface area contributed by atoms with Gasteiger partial charge in [0.2, 0.25) is 12.3 Å². The molecule has 7 nitrogen and oxygen atoms in total. The van der Waals surface area contributed by atoms with E-state index < -0.39 is 0 Å². The molecule has 0 saturated carbocycles. The molecule has 1 N–H and O–H groups in total. The summed E-state index contributed by atoms with van der Waals surface area (Å²) in [5.41, 5.74) is 1.93. The van der Waals surface area contributed by atoms with Gasteiger partial charge in [-0.2, -0.15) is 0 Å². The third kappa shape index (κ3) is 4.32. The average Bonchev–Trinajstić information content (AvgIpc) is 3.41. The molecule has 0 aliphatic carbocycles. The van der Waals surface area contributed by atoms with Crippen LogP contribution in [0.15, 0.2) is 59.3 Å². The Balaban J connectivity index is 1.37. The Kier molecular flexibility index (Phi) is 5.11. The van der Waals surface area contributed by atoms with Crippen LogP contribution in [0, 0.1) is 0 Å². The van der Waals surface area contributed by atoms with E-state index in [1.165, 1.54) is 6.39 Å². The van der Waals surface area contributed by atoms with Gasteiger partial charge in [0.05, 0.1) is 6.10 Å². The number of nitrogens with zero attached hydrogens (tertiary/aromatic N) is 2. The molecule has 1 atom stereocenters. The van der Waals surface area contributed by atoms with Gasteiger partial charge in [-0.25, -0.2) is 0 Å². The lowest BCUT2D eigenvalue weighted by Gasteiger charge is -2.12. The quantitative estimate of drug-likeness (QED) is 0.719. The van der Waals surface area contributed by atoms with Crippen LogP contribution < -0.4 is 10.1 Å². The van der Waals surface area contributed by atoms with E-state index >= 15 is 0 Å². The van der Waals surface area contributed by atoms with E-state index in [4.69, 9.17) is 13.9 Å². The number of hydrogen-bond donors (Lipinski definition) is 1. The third-order valence-corrected chi connectivity index (χ3v) is 4.30. The molecule has 0 unspecified atom stereocenters. The molecule has 0 radical (unpaired) electrons. The Morgan fingerprint density at radius 2 is 2.11 bits per heavy atom. The Hall–Kier alpha value is -3.19. The summed E-state index contributed by atoms with van der Waals surface area (Å²) in [6.07, 6.45) is 3.55. The molecule has 1 aliphatic heterocycles. The second-order valence-electron chi connectivity index (χ2n) is 6.25. The van der Waals surface area contributed by atoms with Gasteiger partial charge in [-0.15, -0.1) is 10.2 Å². The molecule has 7 heteroatoms. The van der Waals surface area contributed by atoms with Gasteiger partial charge in [-0.1, -0.05) is 6.07 Å². The van der Waals surface area contributed by atoms with Gasteiger partial charge < -0.3 is 19.2 Å². The van der Waals surface area contributed by atoms with Crippen LogP contribution in [0.1, 0.15) is 23.2 Å². The molecule has 2 heterocycles. The summed E-state index contributed by atoms with van der Waals surface area (Å²) < 4.78 is 16.4. The second kappa shape index (κ2) is 8.01. The minimum Gasteiger partial charge on any atom is -0.491 e. The molecule has 27 heavy (non-hydrogen) atoms. The summed E-state index contributed by atoms with van der Waals surface area (Å²) in [5, 5.41) is 10.4. The SMILES string of the molecule is O=C(Nc1cccc(-c2nnco2)c1)c1ccc(OC[C@@H]2CCCO2)cc1. The Morgan fingerprint density at radius 1 is 1.22 bits per heavy atom. The summed E-state index contributed by atoms with van der Waals surface area (Å²) in [7, 11) is 0. The van der Waals surface area contributed by atoms with Crippen LogP contribution in [0.4, 0.5) is 5.69 Å².